The number of piperidine rings is 1. The maximum Gasteiger partial charge on any atom is 0.255 e. The topological polar surface area (TPSA) is 53.2 Å². The van der Waals surface area contributed by atoms with E-state index in [0.717, 1.165) is 31.6 Å². The fourth-order valence-electron chi connectivity index (χ4n) is 2.50. The van der Waals surface area contributed by atoms with Crippen LogP contribution in [0.5, 0.6) is 0 Å². The van der Waals surface area contributed by atoms with E-state index in [1.807, 2.05) is 0 Å². The first kappa shape index (κ1) is 13.5. The van der Waals surface area contributed by atoms with Crippen LogP contribution in [-0.4, -0.2) is 24.7 Å². The second-order valence-electron chi connectivity index (χ2n) is 4.57. The van der Waals surface area contributed by atoms with E-state index in [1.54, 1.807) is 18.2 Å². The summed E-state index contributed by atoms with van der Waals surface area (Å²) in [5.74, 6) is -0.0387. The summed E-state index contributed by atoms with van der Waals surface area (Å²) >= 11 is 6.15. The summed E-state index contributed by atoms with van der Waals surface area (Å²) in [7, 11) is 0. The van der Waals surface area contributed by atoms with E-state index in [9.17, 15) is 4.79 Å². The highest BCUT2D eigenvalue weighted by atomic mass is 35.5. The van der Waals surface area contributed by atoms with Gasteiger partial charge in [-0.25, -0.2) is 0 Å². The lowest BCUT2D eigenvalue weighted by Gasteiger charge is -2.43. The monoisotopic (exact) mass is 287 g/mol. The van der Waals surface area contributed by atoms with E-state index in [4.69, 9.17) is 11.6 Å². The molecule has 1 fully saturated rings. The Bertz CT molecular complexity index is 472. The predicted octanol–water partition coefficient (Wildman–Crippen LogP) is 2.00. The molecule has 4 nitrogen and oxygen atoms in total. The van der Waals surface area contributed by atoms with E-state index < -0.39 is 0 Å². The lowest BCUT2D eigenvalue weighted by molar-refractivity contribution is 0.0881. The zero-order valence-corrected chi connectivity index (χ0v) is 11.3. The third-order valence-corrected chi connectivity index (χ3v) is 3.75. The number of hydrogen-bond donors (Lipinski definition) is 3. The van der Waals surface area contributed by atoms with Crippen molar-refractivity contribution in [1.29, 1.82) is 0 Å². The zero-order valence-electron chi connectivity index (χ0n) is 9.75. The van der Waals surface area contributed by atoms with Gasteiger partial charge in [-0.05, 0) is 25.2 Å². The Kier molecular flexibility index (Phi) is 3.71. The average molecular weight is 288 g/mol. The van der Waals surface area contributed by atoms with Crippen molar-refractivity contribution >= 4 is 35.6 Å². The van der Waals surface area contributed by atoms with Gasteiger partial charge in [-0.1, -0.05) is 17.7 Å². The van der Waals surface area contributed by atoms with Crippen LogP contribution in [0.1, 0.15) is 23.2 Å². The zero-order chi connectivity index (χ0) is 11.9. The van der Waals surface area contributed by atoms with Gasteiger partial charge in [0.15, 0.2) is 0 Å². The third-order valence-electron chi connectivity index (χ3n) is 3.43. The summed E-state index contributed by atoms with van der Waals surface area (Å²) in [4.78, 5) is 12.1. The quantitative estimate of drug-likeness (QED) is 0.684. The van der Waals surface area contributed by atoms with E-state index in [2.05, 4.69) is 16.0 Å². The number of fused-ring (bicyclic) bond motifs is 1. The Morgan fingerprint density at radius 1 is 1.17 bits per heavy atom. The highest BCUT2D eigenvalue weighted by Gasteiger charge is 2.38. The van der Waals surface area contributed by atoms with E-state index in [0.29, 0.717) is 10.6 Å². The minimum atomic E-state index is -0.333. The first-order chi connectivity index (χ1) is 8.20. The van der Waals surface area contributed by atoms with Crippen LogP contribution in [0.3, 0.4) is 0 Å². The number of benzene rings is 1. The molecule has 0 saturated carbocycles. The molecule has 98 valence electrons. The van der Waals surface area contributed by atoms with Crippen molar-refractivity contribution < 1.29 is 4.79 Å². The minimum absolute atomic E-state index is 0. The van der Waals surface area contributed by atoms with Crippen LogP contribution in [0.25, 0.3) is 0 Å². The molecular formula is C12H15Cl2N3O. The molecule has 1 spiro atoms. The van der Waals surface area contributed by atoms with Gasteiger partial charge < -0.3 is 16.0 Å². The third kappa shape index (κ3) is 2.16. The van der Waals surface area contributed by atoms with Gasteiger partial charge in [0.25, 0.3) is 5.91 Å². The number of rotatable bonds is 0. The molecule has 18 heavy (non-hydrogen) atoms. The molecule has 3 N–H and O–H groups in total. The molecule has 0 aromatic heterocycles. The summed E-state index contributed by atoms with van der Waals surface area (Å²) in [6, 6.07) is 5.39. The van der Waals surface area contributed by atoms with Crippen molar-refractivity contribution in [3.05, 3.63) is 28.8 Å². The number of anilines is 1. The lowest BCUT2D eigenvalue weighted by Crippen LogP contribution is -2.61. The minimum Gasteiger partial charge on any atom is -0.361 e. The van der Waals surface area contributed by atoms with Gasteiger partial charge in [0.2, 0.25) is 0 Å². The number of carbonyl (C=O) groups excluding carboxylic acids is 1. The molecule has 1 aromatic carbocycles. The number of carbonyl (C=O) groups is 1. The van der Waals surface area contributed by atoms with Crippen LogP contribution in [0.2, 0.25) is 5.02 Å². The van der Waals surface area contributed by atoms with Gasteiger partial charge in [0.05, 0.1) is 16.3 Å². The summed E-state index contributed by atoms with van der Waals surface area (Å²) in [6.45, 7) is 1.79. The molecule has 1 saturated heterocycles. The first-order valence-corrected chi connectivity index (χ1v) is 6.18. The average Bonchev–Trinajstić information content (AvgIpc) is 2.32. The highest BCUT2D eigenvalue weighted by Crippen LogP contribution is 2.34. The molecule has 0 atom stereocenters. The molecule has 3 rings (SSSR count). The SMILES string of the molecule is Cl.O=C1NC2(CCNCC2)Nc2c(Cl)cccc21. The van der Waals surface area contributed by atoms with Crippen molar-refractivity contribution in [2.45, 2.75) is 18.5 Å². The smallest absolute Gasteiger partial charge is 0.255 e. The van der Waals surface area contributed by atoms with Crippen LogP contribution in [0.4, 0.5) is 5.69 Å². The van der Waals surface area contributed by atoms with Gasteiger partial charge >= 0.3 is 0 Å². The van der Waals surface area contributed by atoms with Crippen LogP contribution >= 0.6 is 24.0 Å². The highest BCUT2D eigenvalue weighted by molar-refractivity contribution is 6.34. The fourth-order valence-corrected chi connectivity index (χ4v) is 2.72. The maximum atomic E-state index is 12.1. The Labute approximate surface area is 117 Å². The summed E-state index contributed by atoms with van der Waals surface area (Å²) in [5.41, 5.74) is 1.06. The number of amides is 1. The van der Waals surface area contributed by atoms with Gasteiger partial charge in [-0.15, -0.1) is 12.4 Å². The van der Waals surface area contributed by atoms with Crippen molar-refractivity contribution in [3.8, 4) is 0 Å². The van der Waals surface area contributed by atoms with Crippen LogP contribution in [-0.2, 0) is 0 Å². The Morgan fingerprint density at radius 3 is 2.61 bits per heavy atom. The van der Waals surface area contributed by atoms with Crippen molar-refractivity contribution in [2.24, 2.45) is 0 Å². The van der Waals surface area contributed by atoms with Gasteiger partial charge in [-0.3, -0.25) is 4.79 Å². The van der Waals surface area contributed by atoms with E-state index >= 15 is 0 Å². The first-order valence-electron chi connectivity index (χ1n) is 5.80. The van der Waals surface area contributed by atoms with Crippen LogP contribution < -0.4 is 16.0 Å². The standard InChI is InChI=1S/C12H14ClN3O.ClH/c13-9-3-1-2-8-10(9)15-12(16-11(8)17)4-6-14-7-5-12;/h1-3,14-15H,4-7H2,(H,16,17);1H. The van der Waals surface area contributed by atoms with Crippen molar-refractivity contribution in [1.82, 2.24) is 10.6 Å². The second-order valence-corrected chi connectivity index (χ2v) is 4.98. The summed E-state index contributed by atoms with van der Waals surface area (Å²) < 4.78 is 0. The van der Waals surface area contributed by atoms with E-state index in [1.165, 1.54) is 0 Å². The Morgan fingerprint density at radius 2 is 1.89 bits per heavy atom. The maximum absolute atomic E-state index is 12.1. The number of para-hydroxylation sites is 1. The molecule has 1 aromatic rings. The summed E-state index contributed by atoms with van der Waals surface area (Å²) in [6.07, 6.45) is 1.73. The molecule has 0 radical (unpaired) electrons. The van der Waals surface area contributed by atoms with Gasteiger partial charge in [-0.2, -0.15) is 0 Å². The van der Waals surface area contributed by atoms with Gasteiger partial charge in [0, 0.05) is 12.8 Å². The van der Waals surface area contributed by atoms with Crippen LogP contribution in [0.15, 0.2) is 18.2 Å². The molecule has 2 aliphatic heterocycles. The predicted molar refractivity (Wildman–Crippen MR) is 74.6 cm³/mol. The molecule has 0 aliphatic carbocycles. The number of halogens is 2. The molecule has 6 heteroatoms. The molecule has 1 amide bonds. The lowest BCUT2D eigenvalue weighted by atomic mass is 9.93. The second kappa shape index (κ2) is 4.96. The van der Waals surface area contributed by atoms with Crippen LogP contribution in [0, 0.1) is 0 Å². The van der Waals surface area contributed by atoms with E-state index in [-0.39, 0.29) is 24.0 Å². The number of hydrogen-bond acceptors (Lipinski definition) is 3. The van der Waals surface area contributed by atoms with Crippen molar-refractivity contribution in [2.75, 3.05) is 18.4 Å². The Balaban J connectivity index is 0.00000120. The largest absolute Gasteiger partial charge is 0.361 e. The summed E-state index contributed by atoms with van der Waals surface area (Å²) in [5, 5.41) is 10.4. The molecular weight excluding hydrogens is 273 g/mol. The normalized spacial score (nSPS) is 20.4. The van der Waals surface area contributed by atoms with Gasteiger partial charge in [0.1, 0.15) is 5.66 Å². The number of nitrogens with one attached hydrogen (secondary N) is 3. The van der Waals surface area contributed by atoms with Crippen molar-refractivity contribution in [3.63, 3.8) is 0 Å². The molecule has 0 unspecified atom stereocenters. The molecule has 2 aliphatic rings. The molecule has 0 bridgehead atoms. The fraction of sp³-hybridized carbons (Fsp3) is 0.417. The Hall–Kier alpha value is -0.970. The molecule has 2 heterocycles.